The van der Waals surface area contributed by atoms with Crippen molar-refractivity contribution in [3.05, 3.63) is 146 Å². The van der Waals surface area contributed by atoms with Crippen molar-refractivity contribution >= 4 is 73.6 Å². The van der Waals surface area contributed by atoms with Gasteiger partial charge in [0.15, 0.2) is 0 Å². The van der Waals surface area contributed by atoms with E-state index in [1.165, 1.54) is 5.30 Å². The predicted molar refractivity (Wildman–Crippen MR) is 192 cm³/mol. The Bertz CT molecular complexity index is 2170. The Morgan fingerprint density at radius 1 is 0.511 bits per heavy atom. The highest BCUT2D eigenvalue weighted by Gasteiger charge is 2.49. The number of benzene rings is 6. The van der Waals surface area contributed by atoms with Gasteiger partial charge in [0.2, 0.25) is 0 Å². The summed E-state index contributed by atoms with van der Waals surface area (Å²) in [5.74, 6) is 1.71. The maximum absolute atomic E-state index is 7.04. The Kier molecular flexibility index (Phi) is 5.66. The molecular weight excluding hydrogens is 589 g/mol. The first-order valence-corrected chi connectivity index (χ1v) is 18.0. The molecule has 0 spiro atoms. The lowest BCUT2D eigenvalue weighted by molar-refractivity contribution is 0.488. The van der Waals surface area contributed by atoms with Crippen molar-refractivity contribution in [2.45, 2.75) is 19.5 Å². The Morgan fingerprint density at radius 3 is 1.69 bits per heavy atom. The molecule has 0 saturated carbocycles. The van der Waals surface area contributed by atoms with Crippen molar-refractivity contribution < 1.29 is 4.74 Å². The van der Waals surface area contributed by atoms with Crippen molar-refractivity contribution in [3.8, 4) is 11.5 Å². The van der Waals surface area contributed by atoms with E-state index in [0.29, 0.717) is 0 Å². The molecule has 0 radical (unpaired) electrons. The highest BCUT2D eigenvalue weighted by molar-refractivity contribution is 8.26. The summed E-state index contributed by atoms with van der Waals surface area (Å²) in [7, 11) is 0. The van der Waals surface area contributed by atoms with E-state index in [0.717, 1.165) is 61.9 Å². The third-order valence-corrected chi connectivity index (χ3v) is 14.1. The van der Waals surface area contributed by atoms with Crippen LogP contribution in [0, 0.1) is 0 Å². The Balaban J connectivity index is 1.41. The number of ether oxygens (including phenoxy) is 1. The second-order valence-corrected chi connectivity index (χ2v) is 16.4. The fourth-order valence-corrected chi connectivity index (χ4v) is 12.1. The SMILES string of the molecule is CC1(C)N(c2ccccc2)c2cc3c(cc2N1c1ccccc1)P1(=S)c2ccccc2Oc2cccc(c21)N3c1ccccc1. The van der Waals surface area contributed by atoms with Crippen LogP contribution in [0.25, 0.3) is 0 Å². The van der Waals surface area contributed by atoms with Crippen LogP contribution < -0.4 is 35.4 Å². The minimum absolute atomic E-state index is 0.411. The summed E-state index contributed by atoms with van der Waals surface area (Å²) in [6.45, 7) is 4.60. The van der Waals surface area contributed by atoms with E-state index >= 15 is 0 Å². The lowest BCUT2D eigenvalue weighted by Crippen LogP contribution is -2.48. The van der Waals surface area contributed by atoms with Crippen LogP contribution in [0.1, 0.15) is 13.8 Å². The molecule has 0 aromatic heterocycles. The quantitative estimate of drug-likeness (QED) is 0.183. The molecule has 218 valence electrons. The predicted octanol–water partition coefficient (Wildman–Crippen LogP) is 9.36. The monoisotopic (exact) mass is 619 g/mol. The largest absolute Gasteiger partial charge is 0.456 e. The van der Waals surface area contributed by atoms with Crippen LogP contribution in [0.5, 0.6) is 11.5 Å². The number of hydrogen-bond donors (Lipinski definition) is 0. The molecule has 0 aliphatic carbocycles. The highest BCUT2D eigenvalue weighted by Crippen LogP contribution is 2.63. The summed E-state index contributed by atoms with van der Waals surface area (Å²) in [6, 6.07) is 49.1. The Hall–Kier alpha value is -4.83. The molecule has 0 bridgehead atoms. The third kappa shape index (κ3) is 3.63. The van der Waals surface area contributed by atoms with Crippen molar-refractivity contribution in [2.24, 2.45) is 0 Å². The first-order chi connectivity index (χ1) is 22.0. The second-order valence-electron chi connectivity index (χ2n) is 12.1. The number of para-hydroxylation sites is 4. The third-order valence-electron chi connectivity index (χ3n) is 9.23. The lowest BCUT2D eigenvalue weighted by atomic mass is 10.1. The van der Waals surface area contributed by atoms with Gasteiger partial charge in [-0.25, -0.2) is 0 Å². The summed E-state index contributed by atoms with van der Waals surface area (Å²) >= 11 is 7.04. The van der Waals surface area contributed by atoms with Crippen molar-refractivity contribution in [1.29, 1.82) is 0 Å². The summed E-state index contributed by atoms with van der Waals surface area (Å²) in [6.07, 6.45) is 0. The number of rotatable bonds is 3. The molecule has 0 amide bonds. The van der Waals surface area contributed by atoms with E-state index in [1.54, 1.807) is 0 Å². The van der Waals surface area contributed by atoms with Gasteiger partial charge in [-0.2, -0.15) is 0 Å². The molecule has 6 aromatic carbocycles. The molecule has 45 heavy (non-hydrogen) atoms. The van der Waals surface area contributed by atoms with E-state index < -0.39 is 11.7 Å². The molecule has 6 heteroatoms. The van der Waals surface area contributed by atoms with Gasteiger partial charge in [-0.1, -0.05) is 84.6 Å². The summed E-state index contributed by atoms with van der Waals surface area (Å²) < 4.78 is 6.60. The Morgan fingerprint density at radius 2 is 1.04 bits per heavy atom. The van der Waals surface area contributed by atoms with E-state index in [4.69, 9.17) is 16.5 Å². The van der Waals surface area contributed by atoms with Gasteiger partial charge in [0, 0.05) is 33.7 Å². The molecule has 9 rings (SSSR count). The van der Waals surface area contributed by atoms with Gasteiger partial charge in [-0.15, -0.1) is 0 Å². The van der Waals surface area contributed by atoms with Gasteiger partial charge in [0.05, 0.1) is 28.1 Å². The highest BCUT2D eigenvalue weighted by atomic mass is 32.4. The molecule has 3 aliphatic rings. The average molecular weight is 620 g/mol. The van der Waals surface area contributed by atoms with Gasteiger partial charge < -0.3 is 19.4 Å². The summed E-state index contributed by atoms with van der Waals surface area (Å²) in [4.78, 5) is 7.33. The van der Waals surface area contributed by atoms with Gasteiger partial charge in [0.1, 0.15) is 17.2 Å². The molecule has 6 aromatic rings. The molecule has 3 heterocycles. The van der Waals surface area contributed by atoms with E-state index in [9.17, 15) is 0 Å². The molecule has 4 nitrogen and oxygen atoms in total. The normalized spacial score (nSPS) is 18.4. The number of hydrogen-bond acceptors (Lipinski definition) is 5. The molecule has 0 N–H and O–H groups in total. The van der Waals surface area contributed by atoms with Crippen LogP contribution in [0.3, 0.4) is 0 Å². The van der Waals surface area contributed by atoms with E-state index in [2.05, 4.69) is 168 Å². The lowest BCUT2D eigenvalue weighted by Gasteiger charge is -2.43. The maximum Gasteiger partial charge on any atom is 0.138 e. The van der Waals surface area contributed by atoms with Gasteiger partial charge in [-0.05, 0) is 86.6 Å². The molecule has 3 aliphatic heterocycles. The van der Waals surface area contributed by atoms with E-state index in [-0.39, 0.29) is 0 Å². The topological polar surface area (TPSA) is 19.0 Å². The second kappa shape index (κ2) is 9.58. The van der Waals surface area contributed by atoms with Crippen LogP contribution in [0.2, 0.25) is 0 Å². The van der Waals surface area contributed by atoms with Crippen molar-refractivity contribution in [1.82, 2.24) is 0 Å². The Labute approximate surface area is 268 Å². The van der Waals surface area contributed by atoms with Crippen molar-refractivity contribution in [2.75, 3.05) is 14.7 Å². The molecule has 0 fully saturated rings. The van der Waals surface area contributed by atoms with Crippen LogP contribution in [0.4, 0.5) is 39.8 Å². The smallest absolute Gasteiger partial charge is 0.138 e. The summed E-state index contributed by atoms with van der Waals surface area (Å²) in [5.41, 5.74) is 7.48. The van der Waals surface area contributed by atoms with Crippen LogP contribution in [-0.2, 0) is 11.8 Å². The van der Waals surface area contributed by atoms with Crippen LogP contribution >= 0.6 is 6.04 Å². The zero-order valence-electron chi connectivity index (χ0n) is 25.0. The maximum atomic E-state index is 7.04. The van der Waals surface area contributed by atoms with Crippen LogP contribution in [0.15, 0.2) is 146 Å². The molecule has 0 saturated heterocycles. The van der Waals surface area contributed by atoms with Crippen molar-refractivity contribution in [3.63, 3.8) is 0 Å². The molecule has 1 unspecified atom stereocenters. The van der Waals surface area contributed by atoms with Gasteiger partial charge in [0.25, 0.3) is 0 Å². The first kappa shape index (κ1) is 26.6. The minimum atomic E-state index is -2.54. The molecule has 1 atom stereocenters. The molecular formula is C39H30N3OPS. The first-order valence-electron chi connectivity index (χ1n) is 15.2. The van der Waals surface area contributed by atoms with E-state index in [1.807, 2.05) is 6.07 Å². The number of fused-ring (bicyclic) bond motifs is 5. The minimum Gasteiger partial charge on any atom is -0.456 e. The fourth-order valence-electron chi connectivity index (χ4n) is 7.47. The van der Waals surface area contributed by atoms with Crippen LogP contribution in [-0.4, -0.2) is 5.66 Å². The summed E-state index contributed by atoms with van der Waals surface area (Å²) in [5, 5.41) is 3.41. The van der Waals surface area contributed by atoms with Gasteiger partial charge in [-0.3, -0.25) is 0 Å². The standard InChI is InChI=1S/C39H30N3OPS/c1-39(2)41(28-17-8-4-9-18-28)31-25-33-37(26-32(31)42(39)29-19-10-5-11-20-29)44(45)36-24-13-12-22-34(36)43-35-23-14-21-30(38(35)44)40(33)27-15-6-3-7-16-27/h3-26H,1-2H3. The zero-order valence-corrected chi connectivity index (χ0v) is 26.7. The average Bonchev–Trinajstić information content (AvgIpc) is 3.30. The number of anilines is 7. The van der Waals surface area contributed by atoms with Gasteiger partial charge >= 0.3 is 0 Å². The fraction of sp³-hybridized carbons (Fsp3) is 0.0769. The zero-order chi connectivity index (χ0) is 30.3. The number of nitrogens with zero attached hydrogens (tertiary/aromatic N) is 3.